The monoisotopic (exact) mass is 438 g/mol. The number of aryl methyl sites for hydroxylation is 1. The average molecular weight is 439 g/mol. The molecule has 2 aliphatic heterocycles. The molecule has 0 atom stereocenters. The first-order chi connectivity index (χ1) is 14.6. The van der Waals surface area contributed by atoms with Crippen molar-refractivity contribution in [1.29, 1.82) is 5.26 Å². The molecule has 0 saturated heterocycles. The lowest BCUT2D eigenvalue weighted by atomic mass is 10.1. The number of rotatable bonds is 3. The van der Waals surface area contributed by atoms with Crippen LogP contribution in [-0.2, 0) is 16.4 Å². The van der Waals surface area contributed by atoms with Gasteiger partial charge in [0.25, 0.3) is 10.0 Å². The summed E-state index contributed by atoms with van der Waals surface area (Å²) >= 11 is 1.37. The summed E-state index contributed by atoms with van der Waals surface area (Å²) in [5.41, 5.74) is 2.29. The normalized spacial score (nSPS) is 15.4. The smallest absolute Gasteiger partial charge is 0.264 e. The molecule has 3 aromatic rings. The number of nitriles is 1. The highest BCUT2D eigenvalue weighted by atomic mass is 32.2. The summed E-state index contributed by atoms with van der Waals surface area (Å²) in [6.07, 6.45) is 1.69. The van der Waals surface area contributed by atoms with Crippen molar-refractivity contribution in [3.8, 4) is 28.0 Å². The quantitative estimate of drug-likeness (QED) is 0.612. The van der Waals surface area contributed by atoms with E-state index in [0.29, 0.717) is 22.9 Å². The van der Waals surface area contributed by atoms with E-state index in [4.69, 9.17) is 14.7 Å². The maximum atomic E-state index is 13.5. The lowest BCUT2D eigenvalue weighted by molar-refractivity contribution is 0.288. The Labute approximate surface area is 179 Å². The Morgan fingerprint density at radius 3 is 2.67 bits per heavy atom. The first-order valence-electron chi connectivity index (χ1n) is 9.62. The van der Waals surface area contributed by atoms with Crippen molar-refractivity contribution in [1.82, 2.24) is 0 Å². The molecule has 152 valence electrons. The molecule has 0 saturated carbocycles. The summed E-state index contributed by atoms with van der Waals surface area (Å²) in [5, 5.41) is 9.09. The summed E-state index contributed by atoms with van der Waals surface area (Å²) in [6, 6.07) is 16.3. The van der Waals surface area contributed by atoms with Crippen molar-refractivity contribution in [3.63, 3.8) is 0 Å². The van der Waals surface area contributed by atoms with Crippen molar-refractivity contribution < 1.29 is 17.9 Å². The van der Waals surface area contributed by atoms with Crippen molar-refractivity contribution in [3.05, 3.63) is 59.0 Å². The topological polar surface area (TPSA) is 79.6 Å². The third kappa shape index (κ3) is 3.20. The van der Waals surface area contributed by atoms with E-state index in [2.05, 4.69) is 6.07 Å². The average Bonchev–Trinajstić information content (AvgIpc) is 3.27. The lowest BCUT2D eigenvalue weighted by Gasteiger charge is -2.31. The fourth-order valence-corrected chi connectivity index (χ4v) is 6.08. The second-order valence-corrected chi connectivity index (χ2v) is 10.1. The molecular formula is C22H18N2O4S2. The highest BCUT2D eigenvalue weighted by Gasteiger charge is 2.31. The first-order valence-corrected chi connectivity index (χ1v) is 11.9. The van der Waals surface area contributed by atoms with Crippen LogP contribution in [0.2, 0.25) is 0 Å². The van der Waals surface area contributed by atoms with Gasteiger partial charge in [-0.3, -0.25) is 4.31 Å². The van der Waals surface area contributed by atoms with Crippen LogP contribution in [0.15, 0.2) is 53.4 Å². The number of anilines is 1. The number of thiophene rings is 1. The van der Waals surface area contributed by atoms with Crippen molar-refractivity contribution >= 4 is 27.0 Å². The van der Waals surface area contributed by atoms with E-state index in [1.54, 1.807) is 30.3 Å². The molecule has 8 heteroatoms. The predicted molar refractivity (Wildman–Crippen MR) is 115 cm³/mol. The molecule has 2 aliphatic rings. The molecule has 0 spiro atoms. The van der Waals surface area contributed by atoms with E-state index >= 15 is 0 Å². The Balaban J connectivity index is 1.56. The van der Waals surface area contributed by atoms with Crippen LogP contribution in [0.25, 0.3) is 10.4 Å². The molecule has 3 heterocycles. The van der Waals surface area contributed by atoms with Crippen LogP contribution in [0.1, 0.15) is 16.9 Å². The van der Waals surface area contributed by atoms with Crippen LogP contribution in [0.5, 0.6) is 11.5 Å². The van der Waals surface area contributed by atoms with E-state index < -0.39 is 10.0 Å². The van der Waals surface area contributed by atoms with Gasteiger partial charge in [0.05, 0.1) is 23.7 Å². The van der Waals surface area contributed by atoms with Crippen LogP contribution >= 0.6 is 11.3 Å². The SMILES string of the molecule is N#Cc1ccc(-c2ccc3c(c2)N(S(=O)(=O)c2ccc4c(c2)CCCO4)CCO3)s1. The number of ether oxygens (including phenoxy) is 2. The molecule has 0 bridgehead atoms. The summed E-state index contributed by atoms with van der Waals surface area (Å²) in [7, 11) is -3.76. The van der Waals surface area contributed by atoms with Crippen LogP contribution in [0.4, 0.5) is 5.69 Å². The third-order valence-corrected chi connectivity index (χ3v) is 8.10. The molecule has 0 aliphatic carbocycles. The van der Waals surface area contributed by atoms with Crippen LogP contribution in [0.3, 0.4) is 0 Å². The maximum absolute atomic E-state index is 13.5. The Kier molecular flexibility index (Phi) is 4.65. The molecule has 5 rings (SSSR count). The second kappa shape index (κ2) is 7.35. The van der Waals surface area contributed by atoms with Gasteiger partial charge in [0, 0.05) is 4.88 Å². The molecule has 6 nitrogen and oxygen atoms in total. The molecule has 2 aromatic carbocycles. The maximum Gasteiger partial charge on any atom is 0.264 e. The molecule has 0 unspecified atom stereocenters. The third-order valence-electron chi connectivity index (χ3n) is 5.25. The number of hydrogen-bond acceptors (Lipinski definition) is 6. The number of nitrogens with zero attached hydrogens (tertiary/aromatic N) is 2. The molecule has 0 fully saturated rings. The van der Waals surface area contributed by atoms with Gasteiger partial charge in [-0.15, -0.1) is 11.3 Å². The van der Waals surface area contributed by atoms with Gasteiger partial charge in [0.1, 0.15) is 29.1 Å². The molecule has 0 amide bonds. The van der Waals surface area contributed by atoms with Gasteiger partial charge in [-0.1, -0.05) is 0 Å². The largest absolute Gasteiger partial charge is 0.493 e. The van der Waals surface area contributed by atoms with E-state index in [1.165, 1.54) is 15.6 Å². The zero-order chi connectivity index (χ0) is 20.7. The summed E-state index contributed by atoms with van der Waals surface area (Å²) in [5.74, 6) is 1.29. The van der Waals surface area contributed by atoms with Gasteiger partial charge in [-0.2, -0.15) is 5.26 Å². The van der Waals surface area contributed by atoms with Crippen LogP contribution in [0, 0.1) is 11.3 Å². The number of sulfonamides is 1. The standard InChI is InChI=1S/C22H18N2O4S2/c23-14-17-4-8-22(29-17)16-3-6-21-19(13-16)24(9-11-28-21)30(25,26)18-5-7-20-15(12-18)2-1-10-27-20/h3-8,12-13H,1-2,9-11H2. The minimum atomic E-state index is -3.76. The summed E-state index contributed by atoms with van der Waals surface area (Å²) in [6.45, 7) is 1.19. The zero-order valence-corrected chi connectivity index (χ0v) is 17.6. The van der Waals surface area contributed by atoms with Crippen molar-refractivity contribution in [2.24, 2.45) is 0 Å². The Morgan fingerprint density at radius 2 is 1.83 bits per heavy atom. The number of fused-ring (bicyclic) bond motifs is 2. The van der Waals surface area contributed by atoms with Gasteiger partial charge < -0.3 is 9.47 Å². The fraction of sp³-hybridized carbons (Fsp3) is 0.227. The predicted octanol–water partition coefficient (Wildman–Crippen LogP) is 4.20. The van der Waals surface area contributed by atoms with Crippen molar-refractivity contribution in [2.45, 2.75) is 17.7 Å². The fourth-order valence-electron chi connectivity index (χ4n) is 3.77. The molecule has 1 aromatic heterocycles. The van der Waals surface area contributed by atoms with Gasteiger partial charge in [-0.25, -0.2) is 8.42 Å². The van der Waals surface area contributed by atoms with Crippen LogP contribution < -0.4 is 13.8 Å². The van der Waals surface area contributed by atoms with Gasteiger partial charge >= 0.3 is 0 Å². The molecule has 30 heavy (non-hydrogen) atoms. The van der Waals surface area contributed by atoms with Gasteiger partial charge in [0.15, 0.2) is 0 Å². The van der Waals surface area contributed by atoms with E-state index in [9.17, 15) is 8.42 Å². The highest BCUT2D eigenvalue weighted by Crippen LogP contribution is 2.40. The Bertz CT molecular complexity index is 1270. The van der Waals surface area contributed by atoms with E-state index in [-0.39, 0.29) is 18.0 Å². The van der Waals surface area contributed by atoms with Crippen LogP contribution in [-0.4, -0.2) is 28.2 Å². The number of benzene rings is 2. The van der Waals surface area contributed by atoms with Gasteiger partial charge in [-0.05, 0) is 72.5 Å². The zero-order valence-electron chi connectivity index (χ0n) is 16.0. The summed E-state index contributed by atoms with van der Waals surface area (Å²) < 4.78 is 39.8. The van der Waals surface area contributed by atoms with E-state index in [1.807, 2.05) is 18.2 Å². The highest BCUT2D eigenvalue weighted by molar-refractivity contribution is 7.92. The van der Waals surface area contributed by atoms with Gasteiger partial charge in [0.2, 0.25) is 0 Å². The molecule has 0 radical (unpaired) electrons. The molecule has 0 N–H and O–H groups in total. The Morgan fingerprint density at radius 1 is 1.00 bits per heavy atom. The second-order valence-electron chi connectivity index (χ2n) is 7.11. The first kappa shape index (κ1) is 19.0. The molecular weight excluding hydrogens is 420 g/mol. The Hall–Kier alpha value is -3.02. The lowest BCUT2D eigenvalue weighted by Crippen LogP contribution is -2.38. The van der Waals surface area contributed by atoms with Crippen molar-refractivity contribution in [2.75, 3.05) is 24.1 Å². The minimum absolute atomic E-state index is 0.236. The van der Waals surface area contributed by atoms with E-state index in [0.717, 1.165) is 34.6 Å². The minimum Gasteiger partial charge on any atom is -0.493 e. The summed E-state index contributed by atoms with van der Waals surface area (Å²) in [4.78, 5) is 1.77. The number of hydrogen-bond donors (Lipinski definition) is 0.